The lowest BCUT2D eigenvalue weighted by molar-refractivity contribution is -0.389. The lowest BCUT2D eigenvalue weighted by Gasteiger charge is -2.45. The monoisotopic (exact) mass is 336 g/mol. The van der Waals surface area contributed by atoms with Gasteiger partial charge in [-0.05, 0) is 50.6 Å². The molecular formula is C16H24N4O4. The first-order valence-corrected chi connectivity index (χ1v) is 7.95. The fourth-order valence-electron chi connectivity index (χ4n) is 2.88. The highest BCUT2D eigenvalue weighted by Gasteiger charge is 2.35. The molecule has 0 radical (unpaired) electrons. The van der Waals surface area contributed by atoms with Crippen molar-refractivity contribution in [3.8, 4) is 0 Å². The number of aromatic nitrogens is 1. The molecule has 0 bridgehead atoms. The van der Waals surface area contributed by atoms with Crippen molar-refractivity contribution >= 4 is 17.6 Å². The summed E-state index contributed by atoms with van der Waals surface area (Å²) in [6, 6.07) is 3.00. The number of nitrogens with zero attached hydrogens (tertiary/aromatic N) is 4. The molecule has 1 amide bonds. The Morgan fingerprint density at radius 3 is 2.29 bits per heavy atom. The summed E-state index contributed by atoms with van der Waals surface area (Å²) in [5.74, 6) is -0.174. The van der Waals surface area contributed by atoms with Crippen LogP contribution in [0.25, 0.3) is 0 Å². The summed E-state index contributed by atoms with van der Waals surface area (Å²) in [5, 5.41) is 10.7. The number of piperazine rings is 1. The molecule has 1 saturated heterocycles. The molecule has 8 nitrogen and oxygen atoms in total. The lowest BCUT2D eigenvalue weighted by Crippen LogP contribution is -2.59. The van der Waals surface area contributed by atoms with E-state index in [4.69, 9.17) is 4.74 Å². The van der Waals surface area contributed by atoms with Crippen molar-refractivity contribution in [2.75, 3.05) is 18.0 Å². The third-order valence-electron chi connectivity index (χ3n) is 3.81. The molecule has 1 fully saturated rings. The highest BCUT2D eigenvalue weighted by atomic mass is 16.6. The molecule has 0 aromatic carbocycles. The predicted octanol–water partition coefficient (Wildman–Crippen LogP) is 2.82. The van der Waals surface area contributed by atoms with Crippen molar-refractivity contribution in [1.29, 1.82) is 0 Å². The molecule has 0 aliphatic carbocycles. The van der Waals surface area contributed by atoms with Crippen LogP contribution in [0, 0.1) is 10.1 Å². The van der Waals surface area contributed by atoms with Gasteiger partial charge in [0.2, 0.25) is 0 Å². The number of ether oxygens (including phenoxy) is 1. The smallest absolute Gasteiger partial charge is 0.410 e. The molecule has 132 valence electrons. The van der Waals surface area contributed by atoms with Crippen molar-refractivity contribution in [2.45, 2.75) is 52.3 Å². The van der Waals surface area contributed by atoms with E-state index in [2.05, 4.69) is 9.88 Å². The maximum atomic E-state index is 12.4. The van der Waals surface area contributed by atoms with Crippen LogP contribution < -0.4 is 4.90 Å². The first-order chi connectivity index (χ1) is 11.1. The van der Waals surface area contributed by atoms with Gasteiger partial charge < -0.3 is 19.8 Å². The molecule has 0 unspecified atom stereocenters. The highest BCUT2D eigenvalue weighted by molar-refractivity contribution is 5.69. The van der Waals surface area contributed by atoms with Gasteiger partial charge in [0, 0.05) is 19.2 Å². The summed E-state index contributed by atoms with van der Waals surface area (Å²) in [7, 11) is 0. The van der Waals surface area contributed by atoms with Crippen LogP contribution in [0.1, 0.15) is 34.6 Å². The summed E-state index contributed by atoms with van der Waals surface area (Å²) in [5.41, 5.74) is 0.277. The van der Waals surface area contributed by atoms with Crippen LogP contribution >= 0.6 is 0 Å². The highest BCUT2D eigenvalue weighted by Crippen LogP contribution is 2.24. The molecule has 8 heteroatoms. The molecular weight excluding hydrogens is 312 g/mol. The van der Waals surface area contributed by atoms with Gasteiger partial charge in [0.25, 0.3) is 0 Å². The SMILES string of the molecule is C[C@@H]1CN(c2ccc([N+](=O)[O-])nc2)C[C@H](C)N1C(=O)OC(C)(C)C. The number of carbonyl (C=O) groups is 1. The van der Waals surface area contributed by atoms with Crippen molar-refractivity contribution in [2.24, 2.45) is 0 Å². The molecule has 0 spiro atoms. The van der Waals surface area contributed by atoms with Gasteiger partial charge in [-0.1, -0.05) is 0 Å². The molecule has 2 heterocycles. The van der Waals surface area contributed by atoms with E-state index in [0.29, 0.717) is 13.1 Å². The van der Waals surface area contributed by atoms with Gasteiger partial charge in [0.05, 0.1) is 17.8 Å². The van der Waals surface area contributed by atoms with Gasteiger partial charge in [0.1, 0.15) is 5.60 Å². The van der Waals surface area contributed by atoms with Gasteiger partial charge in [-0.3, -0.25) is 4.90 Å². The van der Waals surface area contributed by atoms with Crippen LogP contribution in [0.4, 0.5) is 16.3 Å². The average Bonchev–Trinajstić information content (AvgIpc) is 2.44. The van der Waals surface area contributed by atoms with Gasteiger partial charge in [-0.25, -0.2) is 4.79 Å². The number of amides is 1. The van der Waals surface area contributed by atoms with Gasteiger partial charge >= 0.3 is 11.9 Å². The van der Waals surface area contributed by atoms with Crippen LogP contribution in [-0.2, 0) is 4.74 Å². The van der Waals surface area contributed by atoms with Crippen molar-refractivity contribution in [3.63, 3.8) is 0 Å². The maximum absolute atomic E-state index is 12.4. The van der Waals surface area contributed by atoms with Gasteiger partial charge in [-0.2, -0.15) is 0 Å². The Hall–Kier alpha value is -2.38. The zero-order chi connectivity index (χ0) is 18.1. The topological polar surface area (TPSA) is 88.8 Å². The lowest BCUT2D eigenvalue weighted by atomic mass is 10.1. The third-order valence-corrected chi connectivity index (χ3v) is 3.81. The second-order valence-electron chi connectivity index (χ2n) is 7.12. The average molecular weight is 336 g/mol. The Kier molecular flexibility index (Phi) is 4.96. The van der Waals surface area contributed by atoms with Crippen molar-refractivity contribution < 1.29 is 14.5 Å². The molecule has 1 aliphatic rings. The van der Waals surface area contributed by atoms with E-state index in [0.717, 1.165) is 5.69 Å². The molecule has 1 aromatic heterocycles. The minimum absolute atomic E-state index is 0.0428. The van der Waals surface area contributed by atoms with E-state index >= 15 is 0 Å². The quantitative estimate of drug-likeness (QED) is 0.609. The molecule has 2 rings (SSSR count). The van der Waals surface area contributed by atoms with Crippen LogP contribution in [0.2, 0.25) is 0 Å². The summed E-state index contributed by atoms with van der Waals surface area (Å²) in [4.78, 5) is 30.3. The van der Waals surface area contributed by atoms with E-state index in [-0.39, 0.29) is 24.0 Å². The number of rotatable bonds is 2. The van der Waals surface area contributed by atoms with Crippen LogP contribution in [-0.4, -0.2) is 51.7 Å². The number of pyridine rings is 1. The van der Waals surface area contributed by atoms with Crippen molar-refractivity contribution in [3.05, 3.63) is 28.4 Å². The molecule has 0 N–H and O–H groups in total. The van der Waals surface area contributed by atoms with Crippen LogP contribution in [0.5, 0.6) is 0 Å². The zero-order valence-electron chi connectivity index (χ0n) is 14.7. The number of hydrogen-bond donors (Lipinski definition) is 0. The Labute approximate surface area is 141 Å². The normalized spacial score (nSPS) is 21.5. The molecule has 1 aromatic rings. The van der Waals surface area contributed by atoms with Crippen LogP contribution in [0.15, 0.2) is 18.3 Å². The van der Waals surface area contributed by atoms with E-state index in [1.54, 1.807) is 11.0 Å². The predicted molar refractivity (Wildman–Crippen MR) is 90.1 cm³/mol. The fourth-order valence-corrected chi connectivity index (χ4v) is 2.88. The first kappa shape index (κ1) is 18.0. The van der Waals surface area contributed by atoms with Gasteiger partial charge in [0.15, 0.2) is 6.20 Å². The number of hydrogen-bond acceptors (Lipinski definition) is 6. The number of nitro groups is 1. The Morgan fingerprint density at radius 2 is 1.88 bits per heavy atom. The largest absolute Gasteiger partial charge is 0.444 e. The molecule has 2 atom stereocenters. The zero-order valence-corrected chi connectivity index (χ0v) is 14.7. The molecule has 1 aliphatic heterocycles. The van der Waals surface area contributed by atoms with Crippen molar-refractivity contribution in [1.82, 2.24) is 9.88 Å². The molecule has 0 saturated carbocycles. The summed E-state index contributed by atoms with van der Waals surface area (Å²) in [6.45, 7) is 10.7. The summed E-state index contributed by atoms with van der Waals surface area (Å²) in [6.07, 6.45) is 1.18. The second kappa shape index (κ2) is 6.62. The molecule has 24 heavy (non-hydrogen) atoms. The number of carbonyl (C=O) groups excluding carboxylic acids is 1. The third kappa shape index (κ3) is 4.12. The second-order valence-corrected chi connectivity index (χ2v) is 7.12. The van der Waals surface area contributed by atoms with E-state index in [1.165, 1.54) is 12.3 Å². The minimum Gasteiger partial charge on any atom is -0.444 e. The van der Waals surface area contributed by atoms with E-state index in [1.807, 2.05) is 34.6 Å². The number of anilines is 1. The van der Waals surface area contributed by atoms with E-state index in [9.17, 15) is 14.9 Å². The Balaban J connectivity index is 2.09. The van der Waals surface area contributed by atoms with E-state index < -0.39 is 10.5 Å². The minimum atomic E-state index is -0.532. The fraction of sp³-hybridized carbons (Fsp3) is 0.625. The summed E-state index contributed by atoms with van der Waals surface area (Å²) >= 11 is 0. The maximum Gasteiger partial charge on any atom is 0.410 e. The Morgan fingerprint density at radius 1 is 1.29 bits per heavy atom. The Bertz CT molecular complexity index is 599. The van der Waals surface area contributed by atoms with Gasteiger partial charge in [-0.15, -0.1) is 0 Å². The standard InChI is InChI=1S/C16H24N4O4/c1-11-9-18(13-6-7-14(17-8-13)20(22)23)10-12(2)19(11)15(21)24-16(3,4)5/h6-8,11-12H,9-10H2,1-5H3/t11-,12+. The van der Waals surface area contributed by atoms with Crippen LogP contribution in [0.3, 0.4) is 0 Å². The first-order valence-electron chi connectivity index (χ1n) is 7.95. The summed E-state index contributed by atoms with van der Waals surface area (Å²) < 4.78 is 5.48.